The quantitative estimate of drug-likeness (QED) is 0.478. The molecule has 5 atom stereocenters. The summed E-state index contributed by atoms with van der Waals surface area (Å²) >= 11 is 0. The molecule has 4 aliphatic heterocycles. The zero-order valence-electron chi connectivity index (χ0n) is 22.6. The van der Waals surface area contributed by atoms with Crippen molar-refractivity contribution < 1.29 is 28.8 Å². The Hall–Kier alpha value is -3.48. The van der Waals surface area contributed by atoms with Crippen molar-refractivity contribution in [3.8, 4) is 34.8 Å². The van der Waals surface area contributed by atoms with Crippen LogP contribution in [0.4, 0.5) is 0 Å². The van der Waals surface area contributed by atoms with Crippen LogP contribution in [0.25, 0.3) is 0 Å². The molecule has 2 bridgehead atoms. The highest BCUT2D eigenvalue weighted by atomic mass is 16.7. The summed E-state index contributed by atoms with van der Waals surface area (Å²) in [7, 11) is 3.61. The highest BCUT2D eigenvalue weighted by molar-refractivity contribution is 5.74. The molecule has 2 aromatic carbocycles. The Morgan fingerprint density at radius 2 is 1.92 bits per heavy atom. The number of likely N-dealkylation sites (N-methyl/N-ethyl adjacent to an activating group) is 1. The predicted molar refractivity (Wildman–Crippen MR) is 138 cm³/mol. The number of nitriles is 1. The highest BCUT2D eigenvalue weighted by Gasteiger charge is 2.56. The Morgan fingerprint density at radius 1 is 1.18 bits per heavy atom. The number of carbonyl (C=O) groups is 1. The lowest BCUT2D eigenvalue weighted by molar-refractivity contribution is -0.132. The molecular weight excluding hydrogens is 486 g/mol. The van der Waals surface area contributed by atoms with Crippen molar-refractivity contribution in [3.63, 3.8) is 0 Å². The lowest BCUT2D eigenvalue weighted by atomic mass is 9.71. The molecular formula is C29H33N3O6. The molecule has 4 aliphatic rings. The van der Waals surface area contributed by atoms with Crippen LogP contribution in [0, 0.1) is 25.2 Å². The minimum Gasteiger partial charge on any atom is -0.504 e. The van der Waals surface area contributed by atoms with Crippen molar-refractivity contribution in [2.75, 3.05) is 21.0 Å². The van der Waals surface area contributed by atoms with Gasteiger partial charge in [-0.1, -0.05) is 13.0 Å². The van der Waals surface area contributed by atoms with Crippen molar-refractivity contribution in [2.45, 2.75) is 77.2 Å². The van der Waals surface area contributed by atoms with Crippen LogP contribution >= 0.6 is 0 Å². The van der Waals surface area contributed by atoms with Gasteiger partial charge in [-0.3, -0.25) is 14.6 Å². The molecule has 38 heavy (non-hydrogen) atoms. The van der Waals surface area contributed by atoms with Gasteiger partial charge in [-0.15, -0.1) is 0 Å². The van der Waals surface area contributed by atoms with E-state index in [1.54, 1.807) is 7.11 Å². The van der Waals surface area contributed by atoms with Gasteiger partial charge in [0, 0.05) is 47.3 Å². The average Bonchev–Trinajstić information content (AvgIpc) is 3.36. The third-order valence-corrected chi connectivity index (χ3v) is 8.90. The first-order valence-electron chi connectivity index (χ1n) is 13.1. The molecule has 4 heterocycles. The molecule has 0 aromatic heterocycles. The second-order valence-corrected chi connectivity index (χ2v) is 10.8. The number of benzene rings is 2. The molecule has 0 amide bonds. The van der Waals surface area contributed by atoms with Gasteiger partial charge in [0.15, 0.2) is 23.0 Å². The number of hydrogen-bond acceptors (Lipinski definition) is 9. The minimum absolute atomic E-state index is 0.0554. The zero-order chi connectivity index (χ0) is 27.0. The number of nitrogens with zero attached hydrogens (tertiary/aromatic N) is 3. The van der Waals surface area contributed by atoms with Crippen LogP contribution in [0.5, 0.6) is 28.7 Å². The lowest BCUT2D eigenvalue weighted by Crippen LogP contribution is -2.68. The van der Waals surface area contributed by atoms with Crippen LogP contribution in [0.3, 0.4) is 0 Å². The van der Waals surface area contributed by atoms with Crippen LogP contribution in [0.1, 0.15) is 65.7 Å². The number of hydrogen-bond donors (Lipinski definition) is 1. The number of esters is 1. The molecule has 0 saturated carbocycles. The van der Waals surface area contributed by atoms with E-state index < -0.39 is 5.97 Å². The molecule has 0 spiro atoms. The minimum atomic E-state index is -0.402. The van der Waals surface area contributed by atoms with Crippen LogP contribution in [0.15, 0.2) is 6.07 Å². The van der Waals surface area contributed by atoms with Crippen LogP contribution < -0.4 is 18.9 Å². The number of phenolic OH excluding ortho intramolecular Hbond substituents is 1. The largest absolute Gasteiger partial charge is 0.504 e. The number of phenols is 1. The van der Waals surface area contributed by atoms with Crippen molar-refractivity contribution in [3.05, 3.63) is 39.4 Å². The third-order valence-electron chi connectivity index (χ3n) is 8.90. The first-order valence-corrected chi connectivity index (χ1v) is 13.1. The fourth-order valence-electron chi connectivity index (χ4n) is 7.52. The predicted octanol–water partition coefficient (Wildman–Crippen LogP) is 3.85. The van der Waals surface area contributed by atoms with Crippen molar-refractivity contribution in [1.82, 2.24) is 9.80 Å². The van der Waals surface area contributed by atoms with Crippen LogP contribution in [-0.4, -0.2) is 60.0 Å². The Labute approximate surface area is 222 Å². The molecule has 1 fully saturated rings. The zero-order valence-corrected chi connectivity index (χ0v) is 22.6. The van der Waals surface area contributed by atoms with Crippen molar-refractivity contribution in [2.24, 2.45) is 0 Å². The lowest BCUT2D eigenvalue weighted by Gasteiger charge is -2.60. The van der Waals surface area contributed by atoms with E-state index in [4.69, 9.17) is 18.9 Å². The van der Waals surface area contributed by atoms with Crippen LogP contribution in [0.2, 0.25) is 0 Å². The molecule has 2 aromatic rings. The molecule has 6 rings (SSSR count). The fraction of sp³-hybridized carbons (Fsp3) is 0.517. The average molecular weight is 520 g/mol. The summed E-state index contributed by atoms with van der Waals surface area (Å²) in [4.78, 5) is 16.8. The number of piperazine rings is 1. The van der Waals surface area contributed by atoms with E-state index in [2.05, 4.69) is 28.9 Å². The van der Waals surface area contributed by atoms with Gasteiger partial charge in [-0.05, 0) is 51.3 Å². The van der Waals surface area contributed by atoms with Gasteiger partial charge in [0.05, 0.1) is 19.2 Å². The molecule has 1 saturated heterocycles. The Bertz CT molecular complexity index is 1400. The van der Waals surface area contributed by atoms with Gasteiger partial charge in [0.1, 0.15) is 11.8 Å². The SMILES string of the molecule is CC[C@H]1c2c(c(OC(C)=O)c(C)c3c2OCO3)CC2[C@H]3c4c(cc(C)c(OC)c4O)CC(C(C#N)N21)N3C. The number of rotatable bonds is 3. The second kappa shape index (κ2) is 8.79. The van der Waals surface area contributed by atoms with Gasteiger partial charge in [0.2, 0.25) is 6.79 Å². The fourth-order valence-corrected chi connectivity index (χ4v) is 7.52. The first kappa shape index (κ1) is 24.8. The summed E-state index contributed by atoms with van der Waals surface area (Å²) in [6, 6.07) is 3.77. The number of methoxy groups -OCH3 is 1. The van der Waals surface area contributed by atoms with Gasteiger partial charge in [0.25, 0.3) is 0 Å². The van der Waals surface area contributed by atoms with Gasteiger partial charge >= 0.3 is 5.97 Å². The molecule has 0 aliphatic carbocycles. The van der Waals surface area contributed by atoms with Gasteiger partial charge in [-0.2, -0.15) is 5.26 Å². The van der Waals surface area contributed by atoms with Gasteiger partial charge in [-0.25, -0.2) is 0 Å². The number of aryl methyl sites for hydroxylation is 1. The van der Waals surface area contributed by atoms with E-state index in [0.29, 0.717) is 35.8 Å². The topological polar surface area (TPSA) is 104 Å². The summed E-state index contributed by atoms with van der Waals surface area (Å²) in [5.41, 5.74) is 5.35. The summed E-state index contributed by atoms with van der Waals surface area (Å²) in [5.74, 6) is 2.03. The molecule has 0 radical (unpaired) electrons. The first-order chi connectivity index (χ1) is 18.2. The standard InChI is InChI=1S/C29H33N3O6/c1-7-18-23-17(27(38-15(4)33)14(3)28-29(23)37-12-36-28)10-20-24-22-16(8-13(2)26(35-6)25(22)34)9-19(31(24)5)21(11-30)32(18)20/h8,18-21,24,34H,7,9-10,12H2,1-6H3/t18-,19?,20?,21?,24-/m0/s1. The van der Waals surface area contributed by atoms with Gasteiger partial charge < -0.3 is 24.1 Å². The van der Waals surface area contributed by atoms with E-state index in [1.807, 2.05) is 20.9 Å². The molecule has 3 unspecified atom stereocenters. The van der Waals surface area contributed by atoms with E-state index in [9.17, 15) is 15.2 Å². The summed E-state index contributed by atoms with van der Waals surface area (Å²) in [6.07, 6.45) is 1.88. The summed E-state index contributed by atoms with van der Waals surface area (Å²) in [6.45, 7) is 7.42. The Balaban J connectivity index is 1.62. The number of ether oxygens (including phenoxy) is 4. The maximum atomic E-state index is 12.2. The normalized spacial score (nSPS) is 27.1. The van der Waals surface area contributed by atoms with E-state index >= 15 is 0 Å². The molecule has 9 heteroatoms. The number of aromatic hydroxyl groups is 1. The van der Waals surface area contributed by atoms with Crippen molar-refractivity contribution in [1.29, 1.82) is 5.26 Å². The van der Waals surface area contributed by atoms with E-state index in [1.165, 1.54) is 6.92 Å². The monoisotopic (exact) mass is 519 g/mol. The second-order valence-electron chi connectivity index (χ2n) is 10.8. The van der Waals surface area contributed by atoms with Crippen molar-refractivity contribution >= 4 is 5.97 Å². The Kier molecular flexibility index (Phi) is 5.74. The summed E-state index contributed by atoms with van der Waals surface area (Å²) < 4.78 is 23.3. The summed E-state index contributed by atoms with van der Waals surface area (Å²) in [5, 5.41) is 22.0. The smallest absolute Gasteiger partial charge is 0.308 e. The highest BCUT2D eigenvalue weighted by Crippen LogP contribution is 2.58. The maximum Gasteiger partial charge on any atom is 0.308 e. The number of fused-ring (bicyclic) bond motifs is 9. The molecule has 9 nitrogen and oxygen atoms in total. The molecule has 1 N–H and O–H groups in total. The maximum absolute atomic E-state index is 12.2. The third kappa shape index (κ3) is 3.20. The Morgan fingerprint density at radius 3 is 2.58 bits per heavy atom. The van der Waals surface area contributed by atoms with Crippen LogP contribution in [-0.2, 0) is 17.6 Å². The number of carbonyl (C=O) groups excluding carboxylic acids is 1. The van der Waals surface area contributed by atoms with E-state index in [0.717, 1.165) is 39.8 Å². The molecule has 200 valence electrons. The van der Waals surface area contributed by atoms with E-state index in [-0.39, 0.29) is 42.8 Å².